The Hall–Kier alpha value is -1.16. The summed E-state index contributed by atoms with van der Waals surface area (Å²) in [5, 5.41) is 9.48. The van der Waals surface area contributed by atoms with Crippen molar-refractivity contribution in [2.24, 2.45) is 5.92 Å². The monoisotopic (exact) mass is 294 g/mol. The molecule has 0 spiro atoms. The van der Waals surface area contributed by atoms with Gasteiger partial charge >= 0.3 is 5.97 Å². The molecular formula is C16H22O3S. The number of ether oxygens (including phenoxy) is 1. The summed E-state index contributed by atoms with van der Waals surface area (Å²) in [6.45, 7) is 4.21. The maximum absolute atomic E-state index is 11.5. The molecule has 1 fully saturated rings. The molecule has 2 rings (SSSR count). The topological polar surface area (TPSA) is 46.5 Å². The van der Waals surface area contributed by atoms with E-state index in [0.717, 1.165) is 23.5 Å². The molecule has 110 valence electrons. The molecule has 2 unspecified atom stereocenters. The van der Waals surface area contributed by atoms with E-state index < -0.39 is 5.97 Å². The van der Waals surface area contributed by atoms with Crippen LogP contribution in [-0.2, 0) is 0 Å². The first-order valence-electron chi connectivity index (χ1n) is 7.29. The molecule has 4 heteroatoms. The Labute approximate surface area is 124 Å². The highest BCUT2D eigenvalue weighted by atomic mass is 32.2. The van der Waals surface area contributed by atoms with Crippen LogP contribution >= 0.6 is 11.8 Å². The second kappa shape index (κ2) is 7.02. The zero-order valence-corrected chi connectivity index (χ0v) is 12.9. The average Bonchev–Trinajstić information content (AvgIpc) is 2.41. The lowest BCUT2D eigenvalue weighted by atomic mass is 9.88. The Morgan fingerprint density at radius 2 is 2.15 bits per heavy atom. The van der Waals surface area contributed by atoms with Crippen LogP contribution in [-0.4, -0.2) is 22.9 Å². The highest BCUT2D eigenvalue weighted by Crippen LogP contribution is 2.34. The number of carboxylic acid groups (broad SMARTS) is 1. The van der Waals surface area contributed by atoms with Gasteiger partial charge in [-0.25, -0.2) is 4.79 Å². The third-order valence-corrected chi connectivity index (χ3v) is 4.75. The van der Waals surface area contributed by atoms with E-state index in [4.69, 9.17) is 4.74 Å². The van der Waals surface area contributed by atoms with E-state index in [-0.39, 0.29) is 6.10 Å². The lowest BCUT2D eigenvalue weighted by Crippen LogP contribution is -2.29. The first-order chi connectivity index (χ1) is 9.63. The smallest absolute Gasteiger partial charge is 0.340 e. The minimum Gasteiger partial charge on any atom is -0.489 e. The molecule has 20 heavy (non-hydrogen) atoms. The van der Waals surface area contributed by atoms with Crippen molar-refractivity contribution < 1.29 is 14.6 Å². The quantitative estimate of drug-likeness (QED) is 0.815. The van der Waals surface area contributed by atoms with Crippen molar-refractivity contribution in [3.63, 3.8) is 0 Å². The maximum atomic E-state index is 11.5. The zero-order valence-electron chi connectivity index (χ0n) is 12.1. The highest BCUT2D eigenvalue weighted by Gasteiger charge is 2.25. The second-order valence-electron chi connectivity index (χ2n) is 5.29. The third kappa shape index (κ3) is 3.48. The van der Waals surface area contributed by atoms with E-state index in [1.807, 2.05) is 19.1 Å². The predicted molar refractivity (Wildman–Crippen MR) is 81.8 cm³/mol. The summed E-state index contributed by atoms with van der Waals surface area (Å²) < 4.78 is 6.05. The zero-order chi connectivity index (χ0) is 14.5. The first kappa shape index (κ1) is 15.2. The summed E-state index contributed by atoms with van der Waals surface area (Å²) in [6, 6.07) is 5.52. The maximum Gasteiger partial charge on any atom is 0.340 e. The molecule has 1 aliphatic carbocycles. The largest absolute Gasteiger partial charge is 0.489 e. The number of rotatable bonds is 5. The van der Waals surface area contributed by atoms with Crippen molar-refractivity contribution in [3.05, 3.63) is 23.8 Å². The molecule has 0 aromatic heterocycles. The molecule has 1 saturated carbocycles. The number of thioether (sulfide) groups is 1. The Balaban J connectivity index is 2.26. The second-order valence-corrected chi connectivity index (χ2v) is 6.59. The van der Waals surface area contributed by atoms with Gasteiger partial charge in [0.15, 0.2) is 0 Å². The lowest BCUT2D eigenvalue weighted by molar-refractivity contribution is 0.0668. The van der Waals surface area contributed by atoms with Gasteiger partial charge in [0.2, 0.25) is 0 Å². The summed E-state index contributed by atoms with van der Waals surface area (Å²) in [7, 11) is 0. The van der Waals surface area contributed by atoms with Crippen LogP contribution in [0.5, 0.6) is 5.75 Å². The number of aromatic carboxylic acids is 1. The fraction of sp³-hybridized carbons (Fsp3) is 0.562. The third-order valence-electron chi connectivity index (χ3n) is 3.81. The van der Waals surface area contributed by atoms with Gasteiger partial charge in [-0.3, -0.25) is 0 Å². The Morgan fingerprint density at radius 3 is 2.80 bits per heavy atom. The van der Waals surface area contributed by atoms with Crippen molar-refractivity contribution in [2.75, 3.05) is 5.75 Å². The molecule has 3 nitrogen and oxygen atoms in total. The molecule has 1 aliphatic rings. The van der Waals surface area contributed by atoms with Gasteiger partial charge in [0.1, 0.15) is 17.4 Å². The van der Waals surface area contributed by atoms with Gasteiger partial charge in [-0.1, -0.05) is 26.3 Å². The Morgan fingerprint density at radius 1 is 1.40 bits per heavy atom. The number of hydrogen-bond donors (Lipinski definition) is 1. The molecule has 0 radical (unpaired) electrons. The van der Waals surface area contributed by atoms with Crippen LogP contribution in [0.2, 0.25) is 0 Å². The van der Waals surface area contributed by atoms with E-state index in [1.54, 1.807) is 17.8 Å². The van der Waals surface area contributed by atoms with Gasteiger partial charge in [-0.2, -0.15) is 0 Å². The number of hydrogen-bond acceptors (Lipinski definition) is 3. The van der Waals surface area contributed by atoms with Crippen LogP contribution in [0.1, 0.15) is 49.9 Å². The predicted octanol–water partition coefficient (Wildman–Crippen LogP) is 4.45. The SMILES string of the molecule is CCSc1cccc(OC2CCCCC2C)c1C(=O)O. The van der Waals surface area contributed by atoms with Crippen LogP contribution < -0.4 is 4.74 Å². The van der Waals surface area contributed by atoms with Gasteiger partial charge in [0.25, 0.3) is 0 Å². The van der Waals surface area contributed by atoms with Crippen LogP contribution in [0.25, 0.3) is 0 Å². The fourth-order valence-electron chi connectivity index (χ4n) is 2.72. The molecule has 1 aromatic carbocycles. The van der Waals surface area contributed by atoms with Crippen molar-refractivity contribution in [2.45, 2.75) is 50.5 Å². The Kier molecular flexibility index (Phi) is 5.35. The van der Waals surface area contributed by atoms with Crippen LogP contribution in [0.3, 0.4) is 0 Å². The van der Waals surface area contributed by atoms with Gasteiger partial charge in [-0.05, 0) is 43.1 Å². The van der Waals surface area contributed by atoms with Gasteiger partial charge < -0.3 is 9.84 Å². The molecule has 1 aromatic rings. The summed E-state index contributed by atoms with van der Waals surface area (Å²) in [4.78, 5) is 12.3. The summed E-state index contributed by atoms with van der Waals surface area (Å²) in [5.41, 5.74) is 0.317. The lowest BCUT2D eigenvalue weighted by Gasteiger charge is -2.30. The van der Waals surface area contributed by atoms with E-state index in [9.17, 15) is 9.90 Å². The van der Waals surface area contributed by atoms with E-state index in [2.05, 4.69) is 6.92 Å². The molecule has 0 saturated heterocycles. The molecule has 0 amide bonds. The van der Waals surface area contributed by atoms with E-state index in [0.29, 0.717) is 17.2 Å². The van der Waals surface area contributed by atoms with Crippen LogP contribution in [0.15, 0.2) is 23.1 Å². The summed E-state index contributed by atoms with van der Waals surface area (Å²) in [5.74, 6) is 0.964. The van der Waals surface area contributed by atoms with Gasteiger partial charge in [0.05, 0.1) is 0 Å². The van der Waals surface area contributed by atoms with Crippen molar-refractivity contribution >= 4 is 17.7 Å². The molecule has 1 N–H and O–H groups in total. The van der Waals surface area contributed by atoms with Crippen molar-refractivity contribution in [1.29, 1.82) is 0 Å². The molecule has 0 heterocycles. The highest BCUT2D eigenvalue weighted by molar-refractivity contribution is 7.99. The number of carbonyl (C=O) groups is 1. The summed E-state index contributed by atoms with van der Waals surface area (Å²) in [6.07, 6.45) is 4.74. The molecule has 0 bridgehead atoms. The van der Waals surface area contributed by atoms with Gasteiger partial charge in [0, 0.05) is 4.90 Å². The summed E-state index contributed by atoms with van der Waals surface area (Å²) >= 11 is 1.55. The molecule has 2 atom stereocenters. The number of benzene rings is 1. The standard InChI is InChI=1S/C16H22O3S/c1-3-20-14-10-6-9-13(15(14)16(17)18)19-12-8-5-4-7-11(12)2/h6,9-12H,3-5,7-8H2,1-2H3,(H,17,18). The molecular weight excluding hydrogens is 272 g/mol. The molecule has 0 aliphatic heterocycles. The van der Waals surface area contributed by atoms with E-state index >= 15 is 0 Å². The van der Waals surface area contributed by atoms with Crippen molar-refractivity contribution in [1.82, 2.24) is 0 Å². The number of carboxylic acids is 1. The first-order valence-corrected chi connectivity index (χ1v) is 8.27. The Bertz CT molecular complexity index is 473. The van der Waals surface area contributed by atoms with Crippen LogP contribution in [0, 0.1) is 5.92 Å². The average molecular weight is 294 g/mol. The fourth-order valence-corrected chi connectivity index (χ4v) is 3.53. The van der Waals surface area contributed by atoms with Crippen LogP contribution in [0.4, 0.5) is 0 Å². The minimum atomic E-state index is -0.903. The normalized spacial score (nSPS) is 22.5. The minimum absolute atomic E-state index is 0.142. The van der Waals surface area contributed by atoms with Gasteiger partial charge in [-0.15, -0.1) is 11.8 Å². The van der Waals surface area contributed by atoms with E-state index in [1.165, 1.54) is 12.8 Å². The van der Waals surface area contributed by atoms with Crippen molar-refractivity contribution in [3.8, 4) is 5.75 Å².